The van der Waals surface area contributed by atoms with Gasteiger partial charge in [-0.15, -0.1) is 0 Å². The molecular formula is C18H18Cl2FNO. The summed E-state index contributed by atoms with van der Waals surface area (Å²) in [7, 11) is 0. The Morgan fingerprint density at radius 1 is 1.13 bits per heavy atom. The second-order valence-corrected chi connectivity index (χ2v) is 6.43. The lowest BCUT2D eigenvalue weighted by Gasteiger charge is -2.12. The fourth-order valence-electron chi connectivity index (χ4n) is 2.37. The standard InChI is InChI=1S/C18H18Cl2FNO/c1-12(7-13-3-2-4-17(21)10-13)18(23)22-6-5-14-8-15(19)11-16(20)9-14/h2-4,8-12H,5-7H2,1H3,(H,22,23). The molecule has 122 valence electrons. The molecular weight excluding hydrogens is 336 g/mol. The Bertz CT molecular complexity index is 670. The molecule has 0 heterocycles. The van der Waals surface area contributed by atoms with Gasteiger partial charge in [0, 0.05) is 22.5 Å². The molecule has 2 nitrogen and oxygen atoms in total. The molecule has 0 aliphatic carbocycles. The van der Waals surface area contributed by atoms with Crippen molar-refractivity contribution in [1.82, 2.24) is 5.32 Å². The molecule has 0 aliphatic rings. The van der Waals surface area contributed by atoms with Gasteiger partial charge in [-0.2, -0.15) is 0 Å². The van der Waals surface area contributed by atoms with E-state index >= 15 is 0 Å². The molecule has 1 amide bonds. The first-order valence-electron chi connectivity index (χ1n) is 7.41. The van der Waals surface area contributed by atoms with Gasteiger partial charge in [-0.3, -0.25) is 4.79 Å². The van der Waals surface area contributed by atoms with Gasteiger partial charge in [-0.05, 0) is 54.3 Å². The molecule has 5 heteroatoms. The first-order chi connectivity index (χ1) is 10.9. The molecule has 23 heavy (non-hydrogen) atoms. The highest BCUT2D eigenvalue weighted by Crippen LogP contribution is 2.19. The quantitative estimate of drug-likeness (QED) is 0.803. The summed E-state index contributed by atoms with van der Waals surface area (Å²) in [6.07, 6.45) is 1.16. The fraction of sp³-hybridized carbons (Fsp3) is 0.278. The molecule has 0 spiro atoms. The second-order valence-electron chi connectivity index (χ2n) is 5.55. The van der Waals surface area contributed by atoms with Crippen molar-refractivity contribution in [3.63, 3.8) is 0 Å². The Labute approximate surface area is 145 Å². The van der Waals surface area contributed by atoms with E-state index in [0.29, 0.717) is 29.4 Å². The maximum atomic E-state index is 13.2. The number of halogens is 3. The highest BCUT2D eigenvalue weighted by molar-refractivity contribution is 6.34. The monoisotopic (exact) mass is 353 g/mol. The van der Waals surface area contributed by atoms with Gasteiger partial charge in [0.15, 0.2) is 0 Å². The molecule has 1 unspecified atom stereocenters. The summed E-state index contributed by atoms with van der Waals surface area (Å²) in [6.45, 7) is 2.33. The van der Waals surface area contributed by atoms with Crippen LogP contribution >= 0.6 is 23.2 Å². The third kappa shape index (κ3) is 5.85. The van der Waals surface area contributed by atoms with Gasteiger partial charge in [0.2, 0.25) is 5.91 Å². The average molecular weight is 354 g/mol. The van der Waals surface area contributed by atoms with Crippen LogP contribution in [0.2, 0.25) is 10.0 Å². The minimum absolute atomic E-state index is 0.0533. The number of nitrogens with one attached hydrogen (secondary N) is 1. The van der Waals surface area contributed by atoms with Crippen LogP contribution in [0.5, 0.6) is 0 Å². The van der Waals surface area contributed by atoms with E-state index < -0.39 is 0 Å². The molecule has 2 aromatic rings. The van der Waals surface area contributed by atoms with Crippen molar-refractivity contribution in [2.45, 2.75) is 19.8 Å². The summed E-state index contributed by atoms with van der Waals surface area (Å²) >= 11 is 11.9. The van der Waals surface area contributed by atoms with Gasteiger partial charge in [-0.25, -0.2) is 4.39 Å². The van der Waals surface area contributed by atoms with Crippen molar-refractivity contribution in [3.8, 4) is 0 Å². The molecule has 1 atom stereocenters. The minimum atomic E-state index is -0.284. The summed E-state index contributed by atoms with van der Waals surface area (Å²) in [4.78, 5) is 12.1. The van der Waals surface area contributed by atoms with Crippen molar-refractivity contribution >= 4 is 29.1 Å². The number of amides is 1. The van der Waals surface area contributed by atoms with Crippen LogP contribution in [-0.2, 0) is 17.6 Å². The average Bonchev–Trinajstić information content (AvgIpc) is 2.46. The Kier molecular flexibility index (Phi) is 6.43. The predicted molar refractivity (Wildman–Crippen MR) is 92.4 cm³/mol. The summed E-state index contributed by atoms with van der Waals surface area (Å²) in [5, 5.41) is 4.05. The van der Waals surface area contributed by atoms with E-state index in [0.717, 1.165) is 11.1 Å². The highest BCUT2D eigenvalue weighted by atomic mass is 35.5. The lowest BCUT2D eigenvalue weighted by atomic mass is 10.0. The Morgan fingerprint density at radius 3 is 2.48 bits per heavy atom. The SMILES string of the molecule is CC(Cc1cccc(F)c1)C(=O)NCCc1cc(Cl)cc(Cl)c1. The number of rotatable bonds is 6. The Morgan fingerprint density at radius 2 is 1.83 bits per heavy atom. The van der Waals surface area contributed by atoms with Crippen LogP contribution in [0.1, 0.15) is 18.1 Å². The lowest BCUT2D eigenvalue weighted by molar-refractivity contribution is -0.124. The van der Waals surface area contributed by atoms with Crippen LogP contribution < -0.4 is 5.32 Å². The Balaban J connectivity index is 1.82. The van der Waals surface area contributed by atoms with E-state index in [4.69, 9.17) is 23.2 Å². The maximum absolute atomic E-state index is 13.2. The fourth-order valence-corrected chi connectivity index (χ4v) is 2.94. The topological polar surface area (TPSA) is 29.1 Å². The van der Waals surface area contributed by atoms with E-state index in [1.807, 2.05) is 25.1 Å². The predicted octanol–water partition coefficient (Wildman–Crippen LogP) is 4.67. The smallest absolute Gasteiger partial charge is 0.223 e. The number of hydrogen-bond donors (Lipinski definition) is 1. The molecule has 2 aromatic carbocycles. The first kappa shape index (κ1) is 17.8. The second kappa shape index (κ2) is 8.32. The maximum Gasteiger partial charge on any atom is 0.223 e. The van der Waals surface area contributed by atoms with Crippen molar-refractivity contribution in [1.29, 1.82) is 0 Å². The number of benzene rings is 2. The normalized spacial score (nSPS) is 12.0. The van der Waals surface area contributed by atoms with Crippen LogP contribution in [0.15, 0.2) is 42.5 Å². The zero-order chi connectivity index (χ0) is 16.8. The molecule has 0 aromatic heterocycles. The molecule has 0 saturated heterocycles. The summed E-state index contributed by atoms with van der Waals surface area (Å²) < 4.78 is 13.2. The number of carbonyl (C=O) groups is 1. The summed E-state index contributed by atoms with van der Waals surface area (Å²) in [6, 6.07) is 11.7. The molecule has 0 bridgehead atoms. The van der Waals surface area contributed by atoms with E-state index in [1.54, 1.807) is 12.1 Å². The van der Waals surface area contributed by atoms with Gasteiger partial charge in [-0.1, -0.05) is 42.3 Å². The molecule has 1 N–H and O–H groups in total. The summed E-state index contributed by atoms with van der Waals surface area (Å²) in [5.41, 5.74) is 1.79. The minimum Gasteiger partial charge on any atom is -0.356 e. The van der Waals surface area contributed by atoms with E-state index in [2.05, 4.69) is 5.32 Å². The van der Waals surface area contributed by atoms with Gasteiger partial charge in [0.25, 0.3) is 0 Å². The van der Waals surface area contributed by atoms with Crippen LogP contribution in [0, 0.1) is 11.7 Å². The highest BCUT2D eigenvalue weighted by Gasteiger charge is 2.13. The molecule has 0 aliphatic heterocycles. The van der Waals surface area contributed by atoms with Crippen molar-refractivity contribution < 1.29 is 9.18 Å². The van der Waals surface area contributed by atoms with E-state index in [1.165, 1.54) is 12.1 Å². The van der Waals surface area contributed by atoms with Gasteiger partial charge >= 0.3 is 0 Å². The summed E-state index contributed by atoms with van der Waals surface area (Å²) in [5.74, 6) is -0.560. The molecule has 0 saturated carbocycles. The molecule has 0 radical (unpaired) electrons. The molecule has 0 fully saturated rings. The van der Waals surface area contributed by atoms with Crippen molar-refractivity contribution in [2.75, 3.05) is 6.54 Å². The zero-order valence-corrected chi connectivity index (χ0v) is 14.3. The van der Waals surface area contributed by atoms with Crippen molar-refractivity contribution in [2.24, 2.45) is 5.92 Å². The van der Waals surface area contributed by atoms with Crippen LogP contribution in [0.25, 0.3) is 0 Å². The lowest BCUT2D eigenvalue weighted by Crippen LogP contribution is -2.31. The van der Waals surface area contributed by atoms with E-state index in [-0.39, 0.29) is 17.6 Å². The number of carbonyl (C=O) groups excluding carboxylic acids is 1. The van der Waals surface area contributed by atoms with Crippen LogP contribution in [-0.4, -0.2) is 12.5 Å². The van der Waals surface area contributed by atoms with Crippen LogP contribution in [0.3, 0.4) is 0 Å². The van der Waals surface area contributed by atoms with Gasteiger partial charge < -0.3 is 5.32 Å². The number of hydrogen-bond acceptors (Lipinski definition) is 1. The first-order valence-corrected chi connectivity index (χ1v) is 8.17. The van der Waals surface area contributed by atoms with Crippen molar-refractivity contribution in [3.05, 3.63) is 69.5 Å². The zero-order valence-electron chi connectivity index (χ0n) is 12.8. The van der Waals surface area contributed by atoms with E-state index in [9.17, 15) is 9.18 Å². The van der Waals surface area contributed by atoms with Gasteiger partial charge in [0.05, 0.1) is 0 Å². The Hall–Kier alpha value is -1.58. The van der Waals surface area contributed by atoms with Gasteiger partial charge in [0.1, 0.15) is 5.82 Å². The third-order valence-electron chi connectivity index (χ3n) is 3.51. The largest absolute Gasteiger partial charge is 0.356 e. The third-order valence-corrected chi connectivity index (χ3v) is 3.95. The van der Waals surface area contributed by atoms with Crippen LogP contribution in [0.4, 0.5) is 4.39 Å². The molecule has 2 rings (SSSR count).